The van der Waals surface area contributed by atoms with Crippen LogP contribution in [0.25, 0.3) is 0 Å². The third-order valence-electron chi connectivity index (χ3n) is 4.56. The standard InChI is InChI=1S/C21H24N4O2/c1-2-16-5-7-18(8-6-16)19-9-10-21(27)25(24-19)13-11-20(26)23-15-17-4-3-12-22-14-17/h3-8,12,14H,2,9-11,13,15H2,1H3,(H,23,26). The van der Waals surface area contributed by atoms with Gasteiger partial charge in [0.2, 0.25) is 11.8 Å². The van der Waals surface area contributed by atoms with Crippen molar-refractivity contribution >= 4 is 17.5 Å². The fourth-order valence-electron chi connectivity index (χ4n) is 2.91. The zero-order valence-electron chi connectivity index (χ0n) is 15.5. The van der Waals surface area contributed by atoms with Gasteiger partial charge in [-0.05, 0) is 29.2 Å². The van der Waals surface area contributed by atoms with Crippen LogP contribution in [0.4, 0.5) is 0 Å². The number of nitrogens with one attached hydrogen (secondary N) is 1. The number of hydrogen-bond donors (Lipinski definition) is 1. The summed E-state index contributed by atoms with van der Waals surface area (Å²) >= 11 is 0. The van der Waals surface area contributed by atoms with Gasteiger partial charge in [0.1, 0.15) is 0 Å². The molecule has 0 bridgehead atoms. The van der Waals surface area contributed by atoms with E-state index >= 15 is 0 Å². The first-order valence-electron chi connectivity index (χ1n) is 9.28. The van der Waals surface area contributed by atoms with E-state index in [2.05, 4.69) is 34.5 Å². The Morgan fingerprint density at radius 1 is 1.15 bits per heavy atom. The molecular formula is C21H24N4O2. The van der Waals surface area contributed by atoms with Gasteiger partial charge >= 0.3 is 0 Å². The Balaban J connectivity index is 1.56. The number of aromatic nitrogens is 1. The van der Waals surface area contributed by atoms with Gasteiger partial charge in [-0.1, -0.05) is 37.3 Å². The summed E-state index contributed by atoms with van der Waals surface area (Å²) in [6.45, 7) is 2.83. The molecule has 140 valence electrons. The fraction of sp³-hybridized carbons (Fsp3) is 0.333. The second-order valence-corrected chi connectivity index (χ2v) is 6.50. The van der Waals surface area contributed by atoms with E-state index in [1.54, 1.807) is 12.4 Å². The molecule has 1 aliphatic rings. The highest BCUT2D eigenvalue weighted by Crippen LogP contribution is 2.16. The Hall–Kier alpha value is -3.02. The average molecular weight is 364 g/mol. The van der Waals surface area contributed by atoms with Gasteiger partial charge in [-0.15, -0.1) is 0 Å². The number of nitrogens with zero attached hydrogens (tertiary/aromatic N) is 3. The Morgan fingerprint density at radius 3 is 2.67 bits per heavy atom. The van der Waals surface area contributed by atoms with Crippen molar-refractivity contribution in [2.45, 2.75) is 39.2 Å². The molecule has 0 radical (unpaired) electrons. The number of benzene rings is 1. The van der Waals surface area contributed by atoms with Crippen LogP contribution < -0.4 is 5.32 Å². The van der Waals surface area contributed by atoms with Gasteiger partial charge in [0, 0.05) is 38.2 Å². The van der Waals surface area contributed by atoms with Crippen LogP contribution in [0.2, 0.25) is 0 Å². The lowest BCUT2D eigenvalue weighted by atomic mass is 10.0. The molecule has 0 atom stereocenters. The summed E-state index contributed by atoms with van der Waals surface area (Å²) in [4.78, 5) is 28.2. The number of carbonyl (C=O) groups excluding carboxylic acids is 2. The van der Waals surface area contributed by atoms with Crippen molar-refractivity contribution in [1.82, 2.24) is 15.3 Å². The van der Waals surface area contributed by atoms with Gasteiger partial charge in [-0.25, -0.2) is 5.01 Å². The molecule has 1 N–H and O–H groups in total. The van der Waals surface area contributed by atoms with E-state index in [4.69, 9.17) is 0 Å². The van der Waals surface area contributed by atoms with E-state index in [0.29, 0.717) is 19.4 Å². The molecule has 2 amide bonds. The zero-order chi connectivity index (χ0) is 19.1. The normalized spacial score (nSPS) is 14.0. The van der Waals surface area contributed by atoms with Crippen LogP contribution in [0.5, 0.6) is 0 Å². The second kappa shape index (κ2) is 9.07. The van der Waals surface area contributed by atoms with Gasteiger partial charge in [0.05, 0.1) is 12.3 Å². The maximum Gasteiger partial charge on any atom is 0.243 e. The Morgan fingerprint density at radius 2 is 1.96 bits per heavy atom. The summed E-state index contributed by atoms with van der Waals surface area (Å²) in [6, 6.07) is 12.0. The molecule has 2 aromatic rings. The van der Waals surface area contributed by atoms with E-state index in [0.717, 1.165) is 23.3 Å². The molecule has 6 nitrogen and oxygen atoms in total. The Kier molecular flexibility index (Phi) is 6.30. The fourth-order valence-corrected chi connectivity index (χ4v) is 2.91. The number of pyridine rings is 1. The Bertz CT molecular complexity index is 816. The van der Waals surface area contributed by atoms with Gasteiger partial charge in [-0.2, -0.15) is 5.10 Å². The zero-order valence-corrected chi connectivity index (χ0v) is 15.5. The number of rotatable bonds is 7. The highest BCUT2D eigenvalue weighted by molar-refractivity contribution is 6.04. The lowest BCUT2D eigenvalue weighted by Crippen LogP contribution is -2.35. The lowest BCUT2D eigenvalue weighted by Gasteiger charge is -2.23. The minimum atomic E-state index is -0.110. The number of hydrazone groups is 1. The largest absolute Gasteiger partial charge is 0.352 e. The summed E-state index contributed by atoms with van der Waals surface area (Å²) in [7, 11) is 0. The molecule has 0 spiro atoms. The van der Waals surface area contributed by atoms with Crippen LogP contribution in [-0.2, 0) is 22.6 Å². The third kappa shape index (κ3) is 5.23. The number of amides is 2. The first-order chi connectivity index (χ1) is 13.2. The van der Waals surface area contributed by atoms with Gasteiger partial charge < -0.3 is 5.32 Å². The molecule has 1 aliphatic heterocycles. The molecule has 0 unspecified atom stereocenters. The van der Waals surface area contributed by atoms with Gasteiger partial charge in [-0.3, -0.25) is 14.6 Å². The molecule has 1 aromatic heterocycles. The van der Waals surface area contributed by atoms with Crippen LogP contribution in [0.1, 0.15) is 42.9 Å². The first-order valence-corrected chi connectivity index (χ1v) is 9.28. The SMILES string of the molecule is CCc1ccc(C2=NN(CCC(=O)NCc3cccnc3)C(=O)CC2)cc1. The molecule has 0 fully saturated rings. The molecular weight excluding hydrogens is 340 g/mol. The number of aryl methyl sites for hydroxylation is 1. The third-order valence-corrected chi connectivity index (χ3v) is 4.56. The highest BCUT2D eigenvalue weighted by atomic mass is 16.2. The number of hydrogen-bond acceptors (Lipinski definition) is 4. The van der Waals surface area contributed by atoms with E-state index in [9.17, 15) is 9.59 Å². The van der Waals surface area contributed by atoms with Crippen molar-refractivity contribution in [2.75, 3.05) is 6.54 Å². The van der Waals surface area contributed by atoms with Crippen molar-refractivity contribution in [3.05, 3.63) is 65.5 Å². The minimum Gasteiger partial charge on any atom is -0.352 e. The van der Waals surface area contributed by atoms with Crippen LogP contribution in [0.15, 0.2) is 53.9 Å². The summed E-state index contributed by atoms with van der Waals surface area (Å²) in [5, 5.41) is 8.76. The molecule has 27 heavy (non-hydrogen) atoms. The molecule has 0 saturated carbocycles. The van der Waals surface area contributed by atoms with Crippen molar-refractivity contribution in [1.29, 1.82) is 0 Å². The minimum absolute atomic E-state index is 0.0380. The van der Waals surface area contributed by atoms with Gasteiger partial charge in [0.15, 0.2) is 0 Å². The number of carbonyl (C=O) groups is 2. The van der Waals surface area contributed by atoms with E-state index in [1.165, 1.54) is 10.6 Å². The maximum absolute atomic E-state index is 12.1. The summed E-state index contributed by atoms with van der Waals surface area (Å²) in [5.41, 5.74) is 4.14. The molecule has 3 rings (SSSR count). The molecule has 2 heterocycles. The van der Waals surface area contributed by atoms with Crippen LogP contribution >= 0.6 is 0 Å². The predicted molar refractivity (Wildman–Crippen MR) is 104 cm³/mol. The van der Waals surface area contributed by atoms with Crippen LogP contribution in [0.3, 0.4) is 0 Å². The lowest BCUT2D eigenvalue weighted by molar-refractivity contribution is -0.132. The van der Waals surface area contributed by atoms with Crippen molar-refractivity contribution < 1.29 is 9.59 Å². The van der Waals surface area contributed by atoms with Crippen molar-refractivity contribution in [3.63, 3.8) is 0 Å². The molecule has 0 aliphatic carbocycles. The molecule has 1 aromatic carbocycles. The van der Waals surface area contributed by atoms with Crippen LogP contribution in [-0.4, -0.2) is 34.1 Å². The summed E-state index contributed by atoms with van der Waals surface area (Å²) < 4.78 is 0. The predicted octanol–water partition coefficient (Wildman–Crippen LogP) is 2.68. The highest BCUT2D eigenvalue weighted by Gasteiger charge is 2.21. The average Bonchev–Trinajstić information content (AvgIpc) is 2.72. The maximum atomic E-state index is 12.1. The van der Waals surface area contributed by atoms with E-state index < -0.39 is 0 Å². The summed E-state index contributed by atoms with van der Waals surface area (Å²) in [6.07, 6.45) is 5.68. The van der Waals surface area contributed by atoms with E-state index in [-0.39, 0.29) is 24.8 Å². The smallest absolute Gasteiger partial charge is 0.243 e. The molecule has 6 heteroatoms. The molecule has 0 saturated heterocycles. The Labute approximate surface area is 159 Å². The van der Waals surface area contributed by atoms with Gasteiger partial charge in [0.25, 0.3) is 0 Å². The van der Waals surface area contributed by atoms with Crippen molar-refractivity contribution in [3.8, 4) is 0 Å². The topological polar surface area (TPSA) is 74.7 Å². The second-order valence-electron chi connectivity index (χ2n) is 6.50. The van der Waals surface area contributed by atoms with Crippen LogP contribution in [0, 0.1) is 0 Å². The summed E-state index contributed by atoms with van der Waals surface area (Å²) in [5.74, 6) is -0.148. The van der Waals surface area contributed by atoms with E-state index in [1.807, 2.05) is 24.3 Å². The quantitative estimate of drug-likeness (QED) is 0.821. The first kappa shape index (κ1) is 18.8. The monoisotopic (exact) mass is 364 g/mol. The van der Waals surface area contributed by atoms with Crippen molar-refractivity contribution in [2.24, 2.45) is 5.10 Å².